The zero-order valence-corrected chi connectivity index (χ0v) is 17.7. The molecule has 2 amide bonds. The Morgan fingerprint density at radius 3 is 2.48 bits per heavy atom. The maximum Gasteiger partial charge on any atom is 0.228 e. The molecule has 2 fully saturated rings. The van der Waals surface area contributed by atoms with Gasteiger partial charge in [-0.25, -0.2) is 0 Å². The normalized spacial score (nSPS) is 20.5. The van der Waals surface area contributed by atoms with Crippen molar-refractivity contribution < 1.29 is 9.59 Å². The number of likely N-dealkylation sites (tertiary alicyclic amines) is 1. The third-order valence-corrected chi connectivity index (χ3v) is 6.33. The fourth-order valence-corrected chi connectivity index (χ4v) is 4.57. The monoisotopic (exact) mass is 414 g/mol. The zero-order valence-electron chi connectivity index (χ0n) is 17.0. The highest BCUT2D eigenvalue weighted by Gasteiger charge is 2.38. The number of carbonyl (C=O) groups is 2. The summed E-state index contributed by atoms with van der Waals surface area (Å²) in [6.45, 7) is 6.98. The van der Waals surface area contributed by atoms with E-state index in [2.05, 4.69) is 22.8 Å². The Balaban J connectivity index is 1.32. The molecular weight excluding hydrogens is 388 g/mol. The second-order valence-electron chi connectivity index (χ2n) is 8.26. The average molecular weight is 415 g/mol. The van der Waals surface area contributed by atoms with Crippen molar-refractivity contribution in [3.05, 3.63) is 46.7 Å². The number of nitrogens with zero attached hydrogens (tertiary/aromatic N) is 4. The molecule has 0 spiro atoms. The molecule has 1 aromatic heterocycles. The van der Waals surface area contributed by atoms with E-state index in [1.54, 1.807) is 17.0 Å². The number of hydrogen-bond donors (Lipinski definition) is 0. The van der Waals surface area contributed by atoms with Crippen LogP contribution in [0.4, 0.5) is 5.69 Å². The molecule has 3 heterocycles. The smallest absolute Gasteiger partial charge is 0.228 e. The molecule has 4 rings (SSSR count). The molecule has 1 aromatic carbocycles. The maximum absolute atomic E-state index is 13.0. The van der Waals surface area contributed by atoms with Gasteiger partial charge < -0.3 is 9.80 Å². The Morgan fingerprint density at radius 2 is 1.86 bits per heavy atom. The third kappa shape index (κ3) is 4.32. The molecule has 2 aliphatic rings. The maximum atomic E-state index is 13.0. The van der Waals surface area contributed by atoms with Gasteiger partial charge in [0.05, 0.1) is 11.6 Å². The lowest BCUT2D eigenvalue weighted by molar-refractivity contribution is -0.137. The van der Waals surface area contributed by atoms with E-state index in [1.165, 1.54) is 5.69 Å². The predicted octanol–water partition coefficient (Wildman–Crippen LogP) is 3.45. The topological polar surface area (TPSA) is 58.4 Å². The van der Waals surface area contributed by atoms with Crippen molar-refractivity contribution in [2.45, 2.75) is 39.7 Å². The van der Waals surface area contributed by atoms with Crippen LogP contribution in [0.3, 0.4) is 0 Å². The molecule has 2 saturated heterocycles. The first-order valence-electron chi connectivity index (χ1n) is 10.3. The minimum Gasteiger partial charge on any atom is -0.342 e. The van der Waals surface area contributed by atoms with Crippen molar-refractivity contribution in [2.75, 3.05) is 24.5 Å². The van der Waals surface area contributed by atoms with Crippen LogP contribution in [0.5, 0.6) is 0 Å². The number of aromatic nitrogens is 2. The lowest BCUT2D eigenvalue weighted by Crippen LogP contribution is -2.43. The summed E-state index contributed by atoms with van der Waals surface area (Å²) in [5.41, 5.74) is 3.04. The van der Waals surface area contributed by atoms with Crippen LogP contribution in [0.25, 0.3) is 0 Å². The van der Waals surface area contributed by atoms with Gasteiger partial charge in [-0.2, -0.15) is 5.10 Å². The molecule has 2 aliphatic heterocycles. The van der Waals surface area contributed by atoms with E-state index < -0.39 is 0 Å². The first-order chi connectivity index (χ1) is 13.9. The summed E-state index contributed by atoms with van der Waals surface area (Å²) in [7, 11) is 0. The highest BCUT2D eigenvalue weighted by atomic mass is 35.5. The van der Waals surface area contributed by atoms with Gasteiger partial charge in [-0.3, -0.25) is 14.3 Å². The molecule has 2 aromatic rings. The van der Waals surface area contributed by atoms with Gasteiger partial charge in [-0.1, -0.05) is 11.6 Å². The second-order valence-corrected chi connectivity index (χ2v) is 8.70. The van der Waals surface area contributed by atoms with Crippen molar-refractivity contribution in [1.82, 2.24) is 14.7 Å². The van der Waals surface area contributed by atoms with Gasteiger partial charge >= 0.3 is 0 Å². The van der Waals surface area contributed by atoms with Crippen molar-refractivity contribution in [3.8, 4) is 0 Å². The van der Waals surface area contributed by atoms with Gasteiger partial charge in [0.15, 0.2) is 0 Å². The van der Waals surface area contributed by atoms with Gasteiger partial charge in [0, 0.05) is 49.0 Å². The first kappa shape index (κ1) is 20.0. The van der Waals surface area contributed by atoms with Crippen LogP contribution < -0.4 is 4.90 Å². The number of rotatable bonds is 4. The largest absolute Gasteiger partial charge is 0.342 e. The average Bonchev–Trinajstić information content (AvgIpc) is 3.24. The number of amides is 2. The van der Waals surface area contributed by atoms with Crippen LogP contribution in [0.1, 0.15) is 30.7 Å². The van der Waals surface area contributed by atoms with Gasteiger partial charge in [-0.05, 0) is 62.9 Å². The number of halogens is 1. The van der Waals surface area contributed by atoms with Crippen LogP contribution in [0.2, 0.25) is 5.02 Å². The summed E-state index contributed by atoms with van der Waals surface area (Å²) < 4.78 is 2.08. The van der Waals surface area contributed by atoms with Crippen molar-refractivity contribution >= 4 is 29.1 Å². The molecule has 29 heavy (non-hydrogen) atoms. The summed E-state index contributed by atoms with van der Waals surface area (Å²) in [5.74, 6) is 0.392. The van der Waals surface area contributed by atoms with Gasteiger partial charge in [0.1, 0.15) is 0 Å². The highest BCUT2D eigenvalue weighted by Crippen LogP contribution is 2.29. The standard InChI is InChI=1S/C22H27ClN4O2/c1-15-11-16(2)27(24-15)13-17-7-9-25(10-8-17)22(29)18-12-21(28)26(14-18)20-5-3-19(23)4-6-20/h3-6,11,17-18H,7-10,12-14H2,1-2H3. The Morgan fingerprint density at radius 1 is 1.17 bits per heavy atom. The molecule has 6 nitrogen and oxygen atoms in total. The highest BCUT2D eigenvalue weighted by molar-refractivity contribution is 6.30. The Kier molecular flexibility index (Phi) is 5.63. The van der Waals surface area contributed by atoms with Crippen molar-refractivity contribution in [2.24, 2.45) is 11.8 Å². The lowest BCUT2D eigenvalue weighted by atomic mass is 9.95. The minimum absolute atomic E-state index is 0.00471. The number of hydrogen-bond acceptors (Lipinski definition) is 3. The van der Waals surface area contributed by atoms with E-state index >= 15 is 0 Å². The fourth-order valence-electron chi connectivity index (χ4n) is 4.44. The van der Waals surface area contributed by atoms with Crippen LogP contribution in [0.15, 0.2) is 30.3 Å². The molecule has 1 atom stereocenters. The summed E-state index contributed by atoms with van der Waals surface area (Å²) >= 11 is 5.94. The molecule has 7 heteroatoms. The molecule has 0 bridgehead atoms. The van der Waals surface area contributed by atoms with Crippen LogP contribution in [0, 0.1) is 25.7 Å². The molecule has 154 valence electrons. The zero-order chi connectivity index (χ0) is 20.5. The molecule has 0 aliphatic carbocycles. The van der Waals surface area contributed by atoms with Gasteiger partial charge in [0.25, 0.3) is 0 Å². The Labute approximate surface area is 176 Å². The summed E-state index contributed by atoms with van der Waals surface area (Å²) in [6, 6.07) is 9.30. The minimum atomic E-state index is -0.259. The predicted molar refractivity (Wildman–Crippen MR) is 113 cm³/mol. The molecule has 0 saturated carbocycles. The Bertz CT molecular complexity index is 900. The van der Waals surface area contributed by atoms with E-state index in [4.69, 9.17) is 11.6 Å². The Hall–Kier alpha value is -2.34. The molecule has 1 unspecified atom stereocenters. The van der Waals surface area contributed by atoms with Crippen molar-refractivity contribution in [3.63, 3.8) is 0 Å². The van der Waals surface area contributed by atoms with Crippen molar-refractivity contribution in [1.29, 1.82) is 0 Å². The quantitative estimate of drug-likeness (QED) is 0.769. The lowest BCUT2D eigenvalue weighted by Gasteiger charge is -2.33. The van der Waals surface area contributed by atoms with E-state index in [0.717, 1.165) is 43.9 Å². The summed E-state index contributed by atoms with van der Waals surface area (Å²) in [6.07, 6.45) is 2.24. The summed E-state index contributed by atoms with van der Waals surface area (Å²) in [4.78, 5) is 29.1. The van der Waals surface area contributed by atoms with Crippen LogP contribution in [-0.4, -0.2) is 46.1 Å². The molecule has 0 N–H and O–H groups in total. The van der Waals surface area contributed by atoms with E-state index in [-0.39, 0.29) is 24.2 Å². The first-order valence-corrected chi connectivity index (χ1v) is 10.6. The van der Waals surface area contributed by atoms with Crippen LogP contribution >= 0.6 is 11.6 Å². The van der Waals surface area contributed by atoms with E-state index in [0.29, 0.717) is 17.5 Å². The van der Waals surface area contributed by atoms with E-state index in [1.807, 2.05) is 24.0 Å². The second kappa shape index (κ2) is 8.19. The SMILES string of the molecule is Cc1cc(C)n(CC2CCN(C(=O)C3CC(=O)N(c4ccc(Cl)cc4)C3)CC2)n1. The fraction of sp³-hybridized carbons (Fsp3) is 0.500. The van der Waals surface area contributed by atoms with Crippen LogP contribution in [-0.2, 0) is 16.1 Å². The number of aryl methyl sites for hydroxylation is 2. The number of piperidine rings is 1. The number of anilines is 1. The third-order valence-electron chi connectivity index (χ3n) is 6.07. The van der Waals surface area contributed by atoms with E-state index in [9.17, 15) is 9.59 Å². The summed E-state index contributed by atoms with van der Waals surface area (Å²) in [5, 5.41) is 5.19. The number of benzene rings is 1. The van der Waals surface area contributed by atoms with Gasteiger partial charge in [0.2, 0.25) is 11.8 Å². The molecular formula is C22H27ClN4O2. The number of carbonyl (C=O) groups excluding carboxylic acids is 2. The van der Waals surface area contributed by atoms with Gasteiger partial charge in [-0.15, -0.1) is 0 Å². The molecule has 0 radical (unpaired) electrons.